The van der Waals surface area contributed by atoms with Crippen molar-refractivity contribution in [3.63, 3.8) is 0 Å². The predicted molar refractivity (Wildman–Crippen MR) is 97.0 cm³/mol. The molecule has 7 heteroatoms. The summed E-state index contributed by atoms with van der Waals surface area (Å²) in [5.41, 5.74) is 1.69. The minimum absolute atomic E-state index is 0.0308. The summed E-state index contributed by atoms with van der Waals surface area (Å²) in [6.45, 7) is 7.65. The number of hydrogen-bond donors (Lipinski definition) is 1. The molecule has 3 heterocycles. The number of pyridine rings is 1. The molecule has 0 saturated carbocycles. The van der Waals surface area contributed by atoms with E-state index in [1.165, 1.54) is 0 Å². The van der Waals surface area contributed by atoms with Gasteiger partial charge < -0.3 is 14.8 Å². The van der Waals surface area contributed by atoms with E-state index < -0.39 is 0 Å². The minimum Gasteiger partial charge on any atom is -0.352 e. The molecule has 0 saturated heterocycles. The first-order valence-electron chi connectivity index (χ1n) is 8.97. The molecule has 1 N–H and O–H groups in total. The lowest BCUT2D eigenvalue weighted by Gasteiger charge is -2.34. The van der Waals surface area contributed by atoms with E-state index in [9.17, 15) is 9.59 Å². The molecule has 0 aliphatic carbocycles. The molecular weight excluding hydrogens is 330 g/mol. The van der Waals surface area contributed by atoms with E-state index in [1.807, 2.05) is 44.0 Å². The van der Waals surface area contributed by atoms with Gasteiger partial charge in [0.05, 0.1) is 18.2 Å². The van der Waals surface area contributed by atoms with E-state index in [1.54, 1.807) is 12.4 Å². The number of amides is 2. The normalized spacial score (nSPS) is 16.5. The highest BCUT2D eigenvalue weighted by molar-refractivity contribution is 5.79. The summed E-state index contributed by atoms with van der Waals surface area (Å²) < 4.78 is 2.05. The molecule has 2 aromatic heterocycles. The Morgan fingerprint density at radius 2 is 2.15 bits per heavy atom. The highest BCUT2D eigenvalue weighted by Crippen LogP contribution is 2.26. The van der Waals surface area contributed by atoms with Crippen molar-refractivity contribution in [3.05, 3.63) is 47.8 Å². The van der Waals surface area contributed by atoms with Crippen molar-refractivity contribution >= 4 is 11.8 Å². The van der Waals surface area contributed by atoms with Gasteiger partial charge in [-0.2, -0.15) is 0 Å². The molecule has 2 aromatic rings. The largest absolute Gasteiger partial charge is 0.352 e. The topological polar surface area (TPSA) is 80.1 Å². The van der Waals surface area contributed by atoms with E-state index in [-0.39, 0.29) is 30.2 Å². The minimum atomic E-state index is -0.0779. The molecule has 1 aliphatic heterocycles. The second kappa shape index (κ2) is 7.68. The van der Waals surface area contributed by atoms with Crippen LogP contribution in [-0.2, 0) is 29.1 Å². The summed E-state index contributed by atoms with van der Waals surface area (Å²) in [5.74, 6) is 0.881. The van der Waals surface area contributed by atoms with Crippen LogP contribution in [0.1, 0.15) is 43.9 Å². The quantitative estimate of drug-likeness (QED) is 0.885. The average Bonchev–Trinajstić information content (AvgIpc) is 3.04. The van der Waals surface area contributed by atoms with Crippen LogP contribution in [0.5, 0.6) is 0 Å². The smallest absolute Gasteiger partial charge is 0.226 e. The highest BCUT2D eigenvalue weighted by Gasteiger charge is 2.30. The van der Waals surface area contributed by atoms with Crippen LogP contribution in [-0.4, -0.2) is 37.8 Å². The van der Waals surface area contributed by atoms with Gasteiger partial charge in [-0.1, -0.05) is 19.9 Å². The lowest BCUT2D eigenvalue weighted by molar-refractivity contribution is -0.137. The molecule has 1 aliphatic rings. The van der Waals surface area contributed by atoms with Crippen LogP contribution in [0.2, 0.25) is 0 Å². The number of carbonyl (C=O) groups is 2. The Bertz CT molecular complexity index is 784. The van der Waals surface area contributed by atoms with E-state index in [4.69, 9.17) is 0 Å². The fraction of sp³-hybridized carbons (Fsp3) is 0.474. The van der Waals surface area contributed by atoms with Crippen LogP contribution in [0.3, 0.4) is 0 Å². The third kappa shape index (κ3) is 3.92. The first kappa shape index (κ1) is 18.1. The molecular formula is C19H25N5O2. The monoisotopic (exact) mass is 355 g/mol. The van der Waals surface area contributed by atoms with Gasteiger partial charge in [-0.05, 0) is 18.6 Å². The third-order valence-electron chi connectivity index (χ3n) is 4.61. The molecule has 138 valence electrons. The van der Waals surface area contributed by atoms with Gasteiger partial charge in [-0.25, -0.2) is 4.98 Å². The van der Waals surface area contributed by atoms with Crippen LogP contribution >= 0.6 is 0 Å². The van der Waals surface area contributed by atoms with Crippen molar-refractivity contribution < 1.29 is 9.59 Å². The maximum Gasteiger partial charge on any atom is 0.226 e. The number of carbonyl (C=O) groups excluding carboxylic acids is 2. The SMILES string of the molecule is CC(C)C(=O)N1CCn2cc(CC(=O)NCc3cccnc3)nc2[C@@H]1C. The Morgan fingerprint density at radius 3 is 2.85 bits per heavy atom. The van der Waals surface area contributed by atoms with Gasteiger partial charge in [-0.15, -0.1) is 0 Å². The number of imidazole rings is 1. The van der Waals surface area contributed by atoms with Gasteiger partial charge in [0, 0.05) is 44.1 Å². The fourth-order valence-corrected chi connectivity index (χ4v) is 3.20. The average molecular weight is 355 g/mol. The van der Waals surface area contributed by atoms with Gasteiger partial charge in [-0.3, -0.25) is 14.6 Å². The molecule has 2 amide bonds. The Hall–Kier alpha value is -2.70. The van der Waals surface area contributed by atoms with Crippen molar-refractivity contribution in [3.8, 4) is 0 Å². The lowest BCUT2D eigenvalue weighted by atomic mass is 10.1. The zero-order valence-corrected chi connectivity index (χ0v) is 15.5. The van der Waals surface area contributed by atoms with E-state index in [0.717, 1.165) is 17.1 Å². The number of fused-ring (bicyclic) bond motifs is 1. The van der Waals surface area contributed by atoms with Crippen LogP contribution in [0.4, 0.5) is 0 Å². The van der Waals surface area contributed by atoms with Crippen molar-refractivity contribution in [2.45, 2.75) is 46.3 Å². The van der Waals surface area contributed by atoms with Gasteiger partial charge in [0.2, 0.25) is 11.8 Å². The summed E-state index contributed by atoms with van der Waals surface area (Å²) in [5, 5.41) is 2.89. The van der Waals surface area contributed by atoms with Gasteiger partial charge >= 0.3 is 0 Å². The summed E-state index contributed by atoms with van der Waals surface area (Å²) in [4.78, 5) is 35.1. The Balaban J connectivity index is 1.62. The Morgan fingerprint density at radius 1 is 1.35 bits per heavy atom. The van der Waals surface area contributed by atoms with Crippen LogP contribution in [0.15, 0.2) is 30.7 Å². The molecule has 0 unspecified atom stereocenters. The van der Waals surface area contributed by atoms with E-state index in [2.05, 4.69) is 19.9 Å². The number of nitrogens with one attached hydrogen (secondary N) is 1. The number of rotatable bonds is 5. The third-order valence-corrected chi connectivity index (χ3v) is 4.61. The number of aromatic nitrogens is 3. The van der Waals surface area contributed by atoms with Gasteiger partial charge in [0.1, 0.15) is 5.82 Å². The second-order valence-corrected chi connectivity index (χ2v) is 6.96. The number of nitrogens with zero attached hydrogens (tertiary/aromatic N) is 4. The summed E-state index contributed by atoms with van der Waals surface area (Å²) in [6, 6.07) is 3.69. The lowest BCUT2D eigenvalue weighted by Crippen LogP contribution is -2.42. The molecule has 7 nitrogen and oxygen atoms in total. The van der Waals surface area contributed by atoms with Crippen molar-refractivity contribution in [1.29, 1.82) is 0 Å². The van der Waals surface area contributed by atoms with Crippen LogP contribution in [0.25, 0.3) is 0 Å². The maximum atomic E-state index is 12.3. The van der Waals surface area contributed by atoms with Gasteiger partial charge in [0.25, 0.3) is 0 Å². The predicted octanol–water partition coefficient (Wildman–Crippen LogP) is 1.70. The summed E-state index contributed by atoms with van der Waals surface area (Å²) >= 11 is 0. The highest BCUT2D eigenvalue weighted by atomic mass is 16.2. The Kier molecular flexibility index (Phi) is 5.35. The van der Waals surface area contributed by atoms with E-state index in [0.29, 0.717) is 19.6 Å². The first-order chi connectivity index (χ1) is 12.5. The first-order valence-corrected chi connectivity index (χ1v) is 8.97. The van der Waals surface area contributed by atoms with Crippen molar-refractivity contribution in [1.82, 2.24) is 24.8 Å². The molecule has 0 bridgehead atoms. The van der Waals surface area contributed by atoms with Crippen molar-refractivity contribution in [2.75, 3.05) is 6.54 Å². The molecule has 0 spiro atoms. The number of hydrogen-bond acceptors (Lipinski definition) is 4. The molecule has 26 heavy (non-hydrogen) atoms. The zero-order valence-electron chi connectivity index (χ0n) is 15.5. The molecule has 0 fully saturated rings. The summed E-state index contributed by atoms with van der Waals surface area (Å²) in [6.07, 6.45) is 5.59. The molecule has 3 rings (SSSR count). The van der Waals surface area contributed by atoms with Gasteiger partial charge in [0.15, 0.2) is 0 Å². The fourth-order valence-electron chi connectivity index (χ4n) is 3.20. The maximum absolute atomic E-state index is 12.3. The molecule has 1 atom stereocenters. The van der Waals surface area contributed by atoms with E-state index >= 15 is 0 Å². The molecule has 0 radical (unpaired) electrons. The Labute approximate surface area is 153 Å². The van der Waals surface area contributed by atoms with Crippen LogP contribution in [0, 0.1) is 5.92 Å². The summed E-state index contributed by atoms with van der Waals surface area (Å²) in [7, 11) is 0. The zero-order chi connectivity index (χ0) is 18.7. The standard InChI is InChI=1S/C19H25N5O2/c1-13(2)19(26)24-8-7-23-12-16(22-18(23)14(24)3)9-17(25)21-11-15-5-4-6-20-10-15/h4-6,10,12-14H,7-9,11H2,1-3H3,(H,21,25)/t14-/m0/s1. The molecule has 0 aromatic carbocycles. The van der Waals surface area contributed by atoms with Crippen LogP contribution < -0.4 is 5.32 Å². The second-order valence-electron chi connectivity index (χ2n) is 6.96. The van der Waals surface area contributed by atoms with Crippen molar-refractivity contribution in [2.24, 2.45) is 5.92 Å².